The molecule has 0 saturated heterocycles. The van der Waals surface area contributed by atoms with Crippen LogP contribution in [-0.4, -0.2) is 23.8 Å². The lowest BCUT2D eigenvalue weighted by molar-refractivity contribution is -0.133. The highest BCUT2D eigenvalue weighted by molar-refractivity contribution is 9.10. The van der Waals surface area contributed by atoms with Gasteiger partial charge in [-0.25, -0.2) is 13.2 Å². The van der Waals surface area contributed by atoms with Crippen LogP contribution in [0.2, 0.25) is 10.0 Å². The molecule has 1 heterocycles. The zero-order valence-electron chi connectivity index (χ0n) is 17.0. The summed E-state index contributed by atoms with van der Waals surface area (Å²) in [6.45, 7) is 0. The van der Waals surface area contributed by atoms with Crippen LogP contribution in [0.5, 0.6) is 0 Å². The average molecular weight is 567 g/mol. The second kappa shape index (κ2) is 9.60. The van der Waals surface area contributed by atoms with Gasteiger partial charge in [0.15, 0.2) is 0 Å². The van der Waals surface area contributed by atoms with Crippen molar-refractivity contribution < 1.29 is 18.3 Å². The maximum Gasteiger partial charge on any atom is 0.333 e. The Morgan fingerprint density at radius 2 is 1.61 bits per heavy atom. The van der Waals surface area contributed by atoms with Crippen LogP contribution in [0, 0.1) is 0 Å². The fraction of sp³-hybridized carbons (Fsp3) is 0.125. The van der Waals surface area contributed by atoms with Gasteiger partial charge in [0, 0.05) is 14.5 Å². The summed E-state index contributed by atoms with van der Waals surface area (Å²) in [6, 6.07) is 18.0. The van der Waals surface area contributed by atoms with Gasteiger partial charge in [-0.15, -0.1) is 0 Å². The number of hydrogen-bond donors (Lipinski definition) is 1. The third-order valence-corrected chi connectivity index (χ3v) is 8.32. The molecule has 170 valence electrons. The van der Waals surface area contributed by atoms with E-state index in [1.54, 1.807) is 30.3 Å². The average Bonchev–Trinajstić information content (AvgIpc) is 2.78. The fourth-order valence-electron chi connectivity index (χ4n) is 4.01. The van der Waals surface area contributed by atoms with Crippen LogP contribution in [-0.2, 0) is 14.8 Å². The number of carbonyl (C=O) groups is 1. The van der Waals surface area contributed by atoms with Crippen LogP contribution in [0.3, 0.4) is 0 Å². The Bertz CT molecular complexity index is 1340. The molecule has 1 aliphatic heterocycles. The zero-order chi connectivity index (χ0) is 23.8. The molecule has 0 amide bonds. The Hall–Kier alpha value is -2.16. The third-order valence-electron chi connectivity index (χ3n) is 5.45. The summed E-state index contributed by atoms with van der Waals surface area (Å²) in [4.78, 5) is 12.2. The minimum absolute atomic E-state index is 0.0190. The third kappa shape index (κ3) is 4.88. The molecular weight excluding hydrogens is 549 g/mol. The minimum Gasteiger partial charge on any atom is -0.478 e. The molecule has 0 saturated carbocycles. The van der Waals surface area contributed by atoms with Crippen molar-refractivity contribution in [2.24, 2.45) is 0 Å². The van der Waals surface area contributed by atoms with Gasteiger partial charge in [-0.05, 0) is 66.1 Å². The van der Waals surface area contributed by atoms with E-state index in [0.29, 0.717) is 15.6 Å². The smallest absolute Gasteiger partial charge is 0.333 e. The van der Waals surface area contributed by atoms with Crippen LogP contribution < -0.4 is 0 Å². The first kappa shape index (κ1) is 24.0. The molecule has 1 N–H and O–H groups in total. The van der Waals surface area contributed by atoms with Crippen molar-refractivity contribution in [2.45, 2.75) is 23.4 Å². The number of carboxylic acid groups (broad SMARTS) is 1. The monoisotopic (exact) mass is 565 g/mol. The SMILES string of the molecule is O=C(O)C1=CC[C@@H](c2cccc(Br)c2)N(S(=O)(=O)c2ccc(Cl)cc2)C1c1cccc(Cl)c1. The van der Waals surface area contributed by atoms with Gasteiger partial charge in [-0.3, -0.25) is 0 Å². The molecule has 1 aliphatic rings. The second-order valence-electron chi connectivity index (χ2n) is 7.52. The predicted octanol–water partition coefficient (Wildman–Crippen LogP) is 6.64. The van der Waals surface area contributed by atoms with E-state index in [0.717, 1.165) is 10.0 Å². The molecule has 4 rings (SSSR count). The normalized spacial score (nSPS) is 19.2. The number of rotatable bonds is 5. The van der Waals surface area contributed by atoms with E-state index in [-0.39, 0.29) is 16.9 Å². The molecule has 2 atom stereocenters. The quantitative estimate of drug-likeness (QED) is 0.375. The lowest BCUT2D eigenvalue weighted by Gasteiger charge is -2.40. The van der Waals surface area contributed by atoms with Crippen molar-refractivity contribution in [3.05, 3.63) is 110 Å². The van der Waals surface area contributed by atoms with Gasteiger partial charge in [0.05, 0.1) is 22.6 Å². The molecule has 0 spiro atoms. The maximum atomic E-state index is 14.0. The van der Waals surface area contributed by atoms with Crippen molar-refractivity contribution in [2.75, 3.05) is 0 Å². The summed E-state index contributed by atoms with van der Waals surface area (Å²) in [5.74, 6) is -1.19. The molecule has 0 radical (unpaired) electrons. The molecule has 9 heteroatoms. The molecule has 0 bridgehead atoms. The highest BCUT2D eigenvalue weighted by Crippen LogP contribution is 2.46. The number of nitrogens with zero attached hydrogens (tertiary/aromatic N) is 1. The molecule has 3 aromatic rings. The number of carboxylic acids is 1. The van der Waals surface area contributed by atoms with Gasteiger partial charge in [-0.1, -0.05) is 69.5 Å². The molecule has 3 aromatic carbocycles. The van der Waals surface area contributed by atoms with Gasteiger partial charge in [0.25, 0.3) is 0 Å². The topological polar surface area (TPSA) is 74.7 Å². The van der Waals surface area contributed by atoms with Crippen molar-refractivity contribution in [1.82, 2.24) is 4.31 Å². The Morgan fingerprint density at radius 3 is 2.24 bits per heavy atom. The molecule has 0 fully saturated rings. The summed E-state index contributed by atoms with van der Waals surface area (Å²) in [5, 5.41) is 10.8. The first-order valence-electron chi connectivity index (χ1n) is 9.92. The van der Waals surface area contributed by atoms with Crippen LogP contribution >= 0.6 is 39.1 Å². The molecule has 0 aromatic heterocycles. The van der Waals surface area contributed by atoms with Gasteiger partial charge < -0.3 is 5.11 Å². The Kier molecular flexibility index (Phi) is 6.98. The molecule has 33 heavy (non-hydrogen) atoms. The first-order valence-corrected chi connectivity index (χ1v) is 12.9. The van der Waals surface area contributed by atoms with Gasteiger partial charge in [0.2, 0.25) is 10.0 Å². The fourth-order valence-corrected chi connectivity index (χ4v) is 6.53. The van der Waals surface area contributed by atoms with Crippen molar-refractivity contribution >= 4 is 55.1 Å². The lowest BCUT2D eigenvalue weighted by Crippen LogP contribution is -2.42. The number of halogens is 3. The van der Waals surface area contributed by atoms with E-state index in [1.165, 1.54) is 28.6 Å². The number of sulfonamides is 1. The van der Waals surface area contributed by atoms with Crippen molar-refractivity contribution in [3.8, 4) is 0 Å². The van der Waals surface area contributed by atoms with Crippen LogP contribution in [0.4, 0.5) is 0 Å². The lowest BCUT2D eigenvalue weighted by atomic mass is 9.89. The van der Waals surface area contributed by atoms with Crippen molar-refractivity contribution in [1.29, 1.82) is 0 Å². The maximum absolute atomic E-state index is 14.0. The number of aliphatic carboxylic acids is 1. The highest BCUT2D eigenvalue weighted by atomic mass is 79.9. The summed E-state index contributed by atoms with van der Waals surface area (Å²) < 4.78 is 30.1. The van der Waals surface area contributed by atoms with E-state index in [2.05, 4.69) is 15.9 Å². The summed E-state index contributed by atoms with van der Waals surface area (Å²) in [6.07, 6.45) is 1.79. The zero-order valence-corrected chi connectivity index (χ0v) is 20.9. The van der Waals surface area contributed by atoms with Crippen LogP contribution in [0.1, 0.15) is 29.6 Å². The minimum atomic E-state index is -4.15. The largest absolute Gasteiger partial charge is 0.478 e. The van der Waals surface area contributed by atoms with E-state index >= 15 is 0 Å². The highest BCUT2D eigenvalue weighted by Gasteiger charge is 2.44. The molecular formula is C24H18BrCl2NO4S. The number of hydrogen-bond acceptors (Lipinski definition) is 3. The first-order chi connectivity index (χ1) is 15.7. The summed E-state index contributed by atoms with van der Waals surface area (Å²) >= 11 is 15.6. The summed E-state index contributed by atoms with van der Waals surface area (Å²) in [7, 11) is -4.15. The summed E-state index contributed by atoms with van der Waals surface area (Å²) in [5.41, 5.74) is 1.17. The predicted molar refractivity (Wildman–Crippen MR) is 132 cm³/mol. The standard InChI is InChI=1S/C24H18BrCl2NO4S/c25-17-5-1-3-15(13-17)22-12-11-21(24(29)30)23(16-4-2-6-19(27)14-16)28(22)33(31,32)20-9-7-18(26)8-10-20/h1-11,13-14,22-23H,12H2,(H,29,30)/t22-,23?/m0/s1. The van der Waals surface area contributed by atoms with E-state index in [4.69, 9.17) is 23.2 Å². The Morgan fingerprint density at radius 1 is 0.939 bits per heavy atom. The number of benzene rings is 3. The molecule has 0 aliphatic carbocycles. The van der Waals surface area contributed by atoms with E-state index in [9.17, 15) is 18.3 Å². The van der Waals surface area contributed by atoms with Crippen LogP contribution in [0.15, 0.2) is 93.8 Å². The van der Waals surface area contributed by atoms with Gasteiger partial charge >= 0.3 is 5.97 Å². The van der Waals surface area contributed by atoms with Crippen molar-refractivity contribution in [3.63, 3.8) is 0 Å². The van der Waals surface area contributed by atoms with E-state index < -0.39 is 28.1 Å². The van der Waals surface area contributed by atoms with E-state index in [1.807, 2.05) is 24.3 Å². The Balaban J connectivity index is 1.98. The Labute approximate surface area is 210 Å². The molecule has 1 unspecified atom stereocenters. The molecule has 5 nitrogen and oxygen atoms in total. The van der Waals surface area contributed by atoms with Gasteiger partial charge in [-0.2, -0.15) is 4.31 Å². The van der Waals surface area contributed by atoms with Gasteiger partial charge in [0.1, 0.15) is 0 Å². The second-order valence-corrected chi connectivity index (χ2v) is 11.1. The van der Waals surface area contributed by atoms with Crippen LogP contribution in [0.25, 0.3) is 0 Å².